The highest BCUT2D eigenvalue weighted by Gasteiger charge is 2.44. The van der Waals surface area contributed by atoms with Crippen molar-refractivity contribution in [3.05, 3.63) is 59.7 Å². The maximum Gasteiger partial charge on any atom is 0.317 e. The standard InChI is InChI=1S/C30H58O10Si8/c1-30(2,26-14-18-28(19-15-26)31-22-12-24-47(10)37-43(5)33-41(3)34-44(6)38-47)27-16-20-29(21-17-27)32-23-13-25-48(11)39-45(7)35-42(4)36-46(8,9)40-48/h14-21,41-45H,12-13,22-25H2,1-11H3. The highest BCUT2D eigenvalue weighted by Crippen LogP contribution is 2.34. The molecule has 0 aromatic heterocycles. The molecular weight excluding hydrogens is 745 g/mol. The van der Waals surface area contributed by atoms with Crippen LogP contribution in [0.3, 0.4) is 0 Å². The molecule has 0 amide bonds. The first-order valence-corrected chi connectivity index (χ1v) is 35.7. The molecule has 2 aliphatic rings. The average molecular weight is 803 g/mol. The van der Waals surface area contributed by atoms with Crippen molar-refractivity contribution in [3.63, 3.8) is 0 Å². The van der Waals surface area contributed by atoms with E-state index in [1.54, 1.807) is 0 Å². The van der Waals surface area contributed by atoms with Crippen molar-refractivity contribution in [3.8, 4) is 11.5 Å². The van der Waals surface area contributed by atoms with Gasteiger partial charge in [0.05, 0.1) is 13.2 Å². The van der Waals surface area contributed by atoms with Crippen LogP contribution in [0.1, 0.15) is 37.8 Å². The third-order valence-corrected chi connectivity index (χ3v) is 37.5. The third-order valence-electron chi connectivity index (χ3n) is 8.55. The lowest BCUT2D eigenvalue weighted by Gasteiger charge is -2.41. The summed E-state index contributed by atoms with van der Waals surface area (Å²) >= 11 is 0. The molecule has 0 aliphatic carbocycles. The molecule has 0 spiro atoms. The van der Waals surface area contributed by atoms with Crippen LogP contribution in [0.4, 0.5) is 0 Å². The molecule has 2 heterocycles. The predicted octanol–water partition coefficient (Wildman–Crippen LogP) is 5.81. The van der Waals surface area contributed by atoms with Crippen molar-refractivity contribution in [2.24, 2.45) is 0 Å². The molecule has 10 nitrogen and oxygen atoms in total. The second-order valence-corrected chi connectivity index (χ2v) is 35.9. The highest BCUT2D eigenvalue weighted by molar-refractivity contribution is 6.86. The van der Waals surface area contributed by atoms with E-state index in [4.69, 9.17) is 42.4 Å². The topological polar surface area (TPSA) is 92.3 Å². The summed E-state index contributed by atoms with van der Waals surface area (Å²) in [7, 11) is -15.5. The van der Waals surface area contributed by atoms with E-state index >= 15 is 0 Å². The summed E-state index contributed by atoms with van der Waals surface area (Å²) in [6.45, 7) is 24.6. The molecule has 2 aliphatic heterocycles. The molecule has 2 fully saturated rings. The average Bonchev–Trinajstić information content (AvgIpc) is 2.95. The molecule has 2 saturated heterocycles. The van der Waals surface area contributed by atoms with Crippen molar-refractivity contribution in [2.75, 3.05) is 13.2 Å². The second kappa shape index (κ2) is 17.3. The van der Waals surface area contributed by atoms with Gasteiger partial charge in [-0.3, -0.25) is 0 Å². The van der Waals surface area contributed by atoms with E-state index in [2.05, 4.69) is 121 Å². The van der Waals surface area contributed by atoms with Gasteiger partial charge in [0, 0.05) is 5.41 Å². The maximum atomic E-state index is 6.58. The van der Waals surface area contributed by atoms with Gasteiger partial charge in [-0.15, -0.1) is 0 Å². The molecule has 5 atom stereocenters. The fourth-order valence-electron chi connectivity index (χ4n) is 6.50. The second-order valence-electron chi connectivity index (χ2n) is 14.1. The van der Waals surface area contributed by atoms with Crippen LogP contribution in [0.15, 0.2) is 48.5 Å². The molecule has 4 rings (SSSR count). The summed E-state index contributed by atoms with van der Waals surface area (Å²) in [5.74, 6) is 1.73. The minimum absolute atomic E-state index is 0.176. The Balaban J connectivity index is 1.23. The van der Waals surface area contributed by atoms with Crippen molar-refractivity contribution in [1.82, 2.24) is 0 Å². The van der Waals surface area contributed by atoms with Gasteiger partial charge in [-0.1, -0.05) is 38.1 Å². The molecule has 0 saturated carbocycles. The van der Waals surface area contributed by atoms with E-state index < -0.39 is 72.1 Å². The van der Waals surface area contributed by atoms with Gasteiger partial charge in [-0.2, -0.15) is 0 Å². The number of benzene rings is 2. The van der Waals surface area contributed by atoms with Gasteiger partial charge in [0.25, 0.3) is 46.4 Å². The van der Waals surface area contributed by atoms with Gasteiger partial charge in [-0.25, -0.2) is 0 Å². The molecule has 0 bridgehead atoms. The first kappa shape index (κ1) is 40.2. The van der Waals surface area contributed by atoms with Crippen LogP contribution in [-0.2, 0) is 38.3 Å². The molecule has 48 heavy (non-hydrogen) atoms. The molecule has 2 aromatic rings. The Morgan fingerprint density at radius 2 is 0.917 bits per heavy atom. The fraction of sp³-hybridized carbons (Fsp3) is 0.600. The van der Waals surface area contributed by atoms with Gasteiger partial charge in [0.2, 0.25) is 0 Å². The zero-order valence-electron chi connectivity index (χ0n) is 30.8. The Kier molecular flexibility index (Phi) is 14.5. The van der Waals surface area contributed by atoms with E-state index in [-0.39, 0.29) is 5.41 Å². The smallest absolute Gasteiger partial charge is 0.317 e. The fourth-order valence-corrected chi connectivity index (χ4v) is 37.8. The van der Waals surface area contributed by atoms with Crippen LogP contribution in [0.25, 0.3) is 0 Å². The van der Waals surface area contributed by atoms with E-state index in [0.717, 1.165) is 36.4 Å². The molecule has 270 valence electrons. The largest absolute Gasteiger partial charge is 0.494 e. The molecule has 0 radical (unpaired) electrons. The normalized spacial score (nSPS) is 31.6. The SMILES string of the molecule is C[SiH]1O[SiH](C)O[Si](C)(CCCOc2ccc(C(C)(C)c3ccc(OCCC[Si]4(C)O[SiH](C)O[SiH](C)O[Si](C)(C)O4)cc3)cc2)O[SiH](C)O1. The number of hydrogen-bond donors (Lipinski definition) is 0. The lowest BCUT2D eigenvalue weighted by molar-refractivity contribution is 0.253. The Hall–Kier alpha value is -0.545. The third kappa shape index (κ3) is 12.3. The van der Waals surface area contributed by atoms with E-state index in [0.29, 0.717) is 13.2 Å². The molecule has 5 unspecified atom stereocenters. The molecule has 2 aromatic carbocycles. The number of rotatable bonds is 12. The van der Waals surface area contributed by atoms with Crippen molar-refractivity contribution in [2.45, 2.75) is 103 Å². The minimum Gasteiger partial charge on any atom is -0.494 e. The summed E-state index contributed by atoms with van der Waals surface area (Å²) in [5, 5.41) is 0. The minimum atomic E-state index is -2.40. The van der Waals surface area contributed by atoms with Gasteiger partial charge in [0.1, 0.15) is 11.5 Å². The molecule has 0 N–H and O–H groups in total. The zero-order valence-corrected chi connectivity index (χ0v) is 39.6. The quantitative estimate of drug-likeness (QED) is 0.194. The van der Waals surface area contributed by atoms with Gasteiger partial charge < -0.3 is 42.4 Å². The summed E-state index contributed by atoms with van der Waals surface area (Å²) in [5.41, 5.74) is 2.27. The summed E-state index contributed by atoms with van der Waals surface area (Å²) in [6.07, 6.45) is 1.73. The van der Waals surface area contributed by atoms with Crippen molar-refractivity contribution >= 4 is 72.1 Å². The Morgan fingerprint density at radius 3 is 1.38 bits per heavy atom. The summed E-state index contributed by atoms with van der Waals surface area (Å²) in [4.78, 5) is 0. The number of hydrogen-bond acceptors (Lipinski definition) is 10. The molecule has 18 heteroatoms. The van der Waals surface area contributed by atoms with Crippen molar-refractivity contribution < 1.29 is 42.4 Å². The monoisotopic (exact) mass is 802 g/mol. The first-order valence-electron chi connectivity index (χ1n) is 17.3. The van der Waals surface area contributed by atoms with Crippen LogP contribution in [0, 0.1) is 0 Å². The Morgan fingerprint density at radius 1 is 0.542 bits per heavy atom. The van der Waals surface area contributed by atoms with Crippen molar-refractivity contribution in [1.29, 1.82) is 0 Å². The highest BCUT2D eigenvalue weighted by atomic mass is 28.5. The van der Waals surface area contributed by atoms with Gasteiger partial charge in [-0.05, 0) is 119 Å². The molecular formula is C30H58O10Si8. The van der Waals surface area contributed by atoms with Crippen LogP contribution in [0.5, 0.6) is 11.5 Å². The first-order chi connectivity index (χ1) is 22.5. The zero-order chi connectivity index (χ0) is 35.2. The van der Waals surface area contributed by atoms with E-state index in [1.807, 2.05) is 0 Å². The van der Waals surface area contributed by atoms with Crippen LogP contribution in [-0.4, -0.2) is 85.3 Å². The predicted molar refractivity (Wildman–Crippen MR) is 209 cm³/mol. The lowest BCUT2D eigenvalue weighted by Crippen LogP contribution is -2.58. The lowest BCUT2D eigenvalue weighted by atomic mass is 9.78. The van der Waals surface area contributed by atoms with E-state index in [9.17, 15) is 0 Å². The summed E-state index contributed by atoms with van der Waals surface area (Å²) in [6, 6.07) is 18.6. The Labute approximate surface area is 300 Å². The van der Waals surface area contributed by atoms with Gasteiger partial charge >= 0.3 is 25.7 Å². The maximum absolute atomic E-state index is 6.58. The van der Waals surface area contributed by atoms with Crippen LogP contribution >= 0.6 is 0 Å². The van der Waals surface area contributed by atoms with Crippen LogP contribution in [0.2, 0.25) is 71.0 Å². The van der Waals surface area contributed by atoms with E-state index in [1.165, 1.54) is 11.1 Å². The van der Waals surface area contributed by atoms with Gasteiger partial charge in [0.15, 0.2) is 0 Å². The number of ether oxygens (including phenoxy) is 2. The summed E-state index contributed by atoms with van der Waals surface area (Å²) < 4.78 is 62.5. The Bertz CT molecular complexity index is 1280. The van der Waals surface area contributed by atoms with Crippen LogP contribution < -0.4 is 9.47 Å².